The van der Waals surface area contributed by atoms with Crippen LogP contribution in [0.3, 0.4) is 0 Å². The minimum atomic E-state index is 0.428. The van der Waals surface area contributed by atoms with Crippen LogP contribution in [0.4, 0.5) is 0 Å². The quantitative estimate of drug-likeness (QED) is 0.863. The molecular formula is C15H23NO. The molecule has 2 rings (SSSR count). The first-order valence-electron chi connectivity index (χ1n) is 6.63. The summed E-state index contributed by atoms with van der Waals surface area (Å²) in [6, 6.07) is 9.16. The predicted molar refractivity (Wildman–Crippen MR) is 71.1 cm³/mol. The van der Waals surface area contributed by atoms with Crippen LogP contribution < -0.4 is 5.32 Å². The molecule has 0 spiro atoms. The number of benzene rings is 1. The Hall–Kier alpha value is -0.860. The van der Waals surface area contributed by atoms with Crippen LogP contribution in [0.2, 0.25) is 0 Å². The molecule has 1 N–H and O–H groups in total. The average Bonchev–Trinajstić information content (AvgIpc) is 2.37. The van der Waals surface area contributed by atoms with Crippen molar-refractivity contribution in [3.63, 3.8) is 0 Å². The van der Waals surface area contributed by atoms with E-state index < -0.39 is 0 Å². The molecule has 2 atom stereocenters. The molecule has 1 aromatic rings. The van der Waals surface area contributed by atoms with Crippen molar-refractivity contribution < 1.29 is 4.74 Å². The lowest BCUT2D eigenvalue weighted by Gasteiger charge is -2.24. The van der Waals surface area contributed by atoms with Gasteiger partial charge < -0.3 is 10.1 Å². The highest BCUT2D eigenvalue weighted by atomic mass is 16.5. The van der Waals surface area contributed by atoms with E-state index in [1.54, 1.807) is 0 Å². The molecule has 1 heterocycles. The van der Waals surface area contributed by atoms with Gasteiger partial charge >= 0.3 is 0 Å². The Labute approximate surface area is 104 Å². The Kier molecular flexibility index (Phi) is 4.57. The Morgan fingerprint density at radius 3 is 3.06 bits per heavy atom. The summed E-state index contributed by atoms with van der Waals surface area (Å²) >= 11 is 0. The molecule has 1 aliphatic heterocycles. The van der Waals surface area contributed by atoms with Crippen molar-refractivity contribution >= 4 is 0 Å². The van der Waals surface area contributed by atoms with Crippen LogP contribution in [-0.2, 0) is 4.74 Å². The number of ether oxygens (including phenoxy) is 1. The second kappa shape index (κ2) is 6.18. The van der Waals surface area contributed by atoms with Crippen molar-refractivity contribution in [2.24, 2.45) is 5.92 Å². The van der Waals surface area contributed by atoms with E-state index in [4.69, 9.17) is 4.74 Å². The van der Waals surface area contributed by atoms with Crippen molar-refractivity contribution in [1.29, 1.82) is 0 Å². The zero-order valence-corrected chi connectivity index (χ0v) is 10.9. The van der Waals surface area contributed by atoms with Gasteiger partial charge in [-0.3, -0.25) is 0 Å². The van der Waals surface area contributed by atoms with E-state index >= 15 is 0 Å². The van der Waals surface area contributed by atoms with Crippen LogP contribution in [-0.4, -0.2) is 19.8 Å². The van der Waals surface area contributed by atoms with Crippen molar-refractivity contribution in [2.75, 3.05) is 19.8 Å². The maximum absolute atomic E-state index is 5.50. The minimum absolute atomic E-state index is 0.428. The van der Waals surface area contributed by atoms with Crippen LogP contribution in [0.15, 0.2) is 24.3 Å². The van der Waals surface area contributed by atoms with E-state index in [1.165, 1.54) is 24.0 Å². The summed E-state index contributed by atoms with van der Waals surface area (Å²) in [5, 5.41) is 3.62. The molecule has 2 nitrogen and oxygen atoms in total. The molecule has 0 aliphatic carbocycles. The van der Waals surface area contributed by atoms with E-state index in [0.717, 1.165) is 19.8 Å². The third-order valence-corrected chi connectivity index (χ3v) is 3.51. The highest BCUT2D eigenvalue weighted by molar-refractivity contribution is 5.24. The Bertz CT molecular complexity index is 345. The number of aryl methyl sites for hydroxylation is 1. The Morgan fingerprint density at radius 1 is 1.47 bits per heavy atom. The van der Waals surface area contributed by atoms with Crippen LogP contribution in [0.5, 0.6) is 0 Å². The summed E-state index contributed by atoms with van der Waals surface area (Å²) in [5.41, 5.74) is 2.71. The first-order valence-corrected chi connectivity index (χ1v) is 6.63. The van der Waals surface area contributed by atoms with Crippen molar-refractivity contribution in [3.8, 4) is 0 Å². The van der Waals surface area contributed by atoms with Crippen molar-refractivity contribution in [3.05, 3.63) is 35.4 Å². The van der Waals surface area contributed by atoms with Crippen molar-refractivity contribution in [2.45, 2.75) is 32.7 Å². The summed E-state index contributed by atoms with van der Waals surface area (Å²) in [5.74, 6) is 0.691. The van der Waals surface area contributed by atoms with Gasteiger partial charge in [0.2, 0.25) is 0 Å². The smallest absolute Gasteiger partial charge is 0.0506 e. The summed E-state index contributed by atoms with van der Waals surface area (Å²) in [6.07, 6.45) is 2.51. The second-order valence-corrected chi connectivity index (χ2v) is 5.13. The molecule has 0 bridgehead atoms. The first kappa shape index (κ1) is 12.6. The molecule has 17 heavy (non-hydrogen) atoms. The standard InChI is InChI=1S/C15H23NO/c1-12-5-3-7-15(9-12)13(2)16-10-14-6-4-8-17-11-14/h3,5,7,9,13-14,16H,4,6,8,10-11H2,1-2H3. The van der Waals surface area contributed by atoms with Gasteiger partial charge in [0.1, 0.15) is 0 Å². The van der Waals surface area contributed by atoms with Gasteiger partial charge in [-0.1, -0.05) is 29.8 Å². The summed E-state index contributed by atoms with van der Waals surface area (Å²) in [6.45, 7) is 7.32. The number of hydrogen-bond acceptors (Lipinski definition) is 2. The number of nitrogens with one attached hydrogen (secondary N) is 1. The minimum Gasteiger partial charge on any atom is -0.381 e. The maximum atomic E-state index is 5.50. The fraction of sp³-hybridized carbons (Fsp3) is 0.600. The Balaban J connectivity index is 1.82. The normalized spacial score (nSPS) is 22.4. The molecule has 0 saturated carbocycles. The predicted octanol–water partition coefficient (Wildman–Crippen LogP) is 3.07. The fourth-order valence-electron chi connectivity index (χ4n) is 2.37. The van der Waals surface area contributed by atoms with E-state index in [1.807, 2.05) is 0 Å². The van der Waals surface area contributed by atoms with Crippen LogP contribution in [0.25, 0.3) is 0 Å². The lowest BCUT2D eigenvalue weighted by Crippen LogP contribution is -2.30. The van der Waals surface area contributed by atoms with Gasteiger partial charge in [0.25, 0.3) is 0 Å². The molecule has 0 amide bonds. The molecule has 1 aromatic carbocycles. The molecule has 0 aromatic heterocycles. The summed E-state index contributed by atoms with van der Waals surface area (Å²) in [7, 11) is 0. The monoisotopic (exact) mass is 233 g/mol. The molecule has 94 valence electrons. The summed E-state index contributed by atoms with van der Waals surface area (Å²) < 4.78 is 5.50. The van der Waals surface area contributed by atoms with E-state index in [0.29, 0.717) is 12.0 Å². The fourth-order valence-corrected chi connectivity index (χ4v) is 2.37. The lowest BCUT2D eigenvalue weighted by atomic mass is 10.0. The van der Waals surface area contributed by atoms with E-state index in [2.05, 4.69) is 43.4 Å². The van der Waals surface area contributed by atoms with Gasteiger partial charge in [-0.05, 0) is 38.2 Å². The first-order chi connectivity index (χ1) is 8.25. The highest BCUT2D eigenvalue weighted by Gasteiger charge is 2.14. The van der Waals surface area contributed by atoms with E-state index in [9.17, 15) is 0 Å². The van der Waals surface area contributed by atoms with Gasteiger partial charge in [0.05, 0.1) is 6.61 Å². The molecule has 2 unspecified atom stereocenters. The third-order valence-electron chi connectivity index (χ3n) is 3.51. The van der Waals surface area contributed by atoms with Gasteiger partial charge in [-0.2, -0.15) is 0 Å². The van der Waals surface area contributed by atoms with Gasteiger partial charge in [-0.25, -0.2) is 0 Å². The SMILES string of the molecule is Cc1cccc(C(C)NCC2CCCOC2)c1. The van der Waals surface area contributed by atoms with Gasteiger partial charge in [0, 0.05) is 19.2 Å². The zero-order valence-electron chi connectivity index (χ0n) is 10.9. The molecule has 0 radical (unpaired) electrons. The molecule has 1 fully saturated rings. The van der Waals surface area contributed by atoms with Crippen LogP contribution in [0.1, 0.15) is 36.9 Å². The number of hydrogen-bond donors (Lipinski definition) is 1. The Morgan fingerprint density at radius 2 is 2.35 bits per heavy atom. The summed E-state index contributed by atoms with van der Waals surface area (Å²) in [4.78, 5) is 0. The van der Waals surface area contributed by atoms with Crippen molar-refractivity contribution in [1.82, 2.24) is 5.32 Å². The molecule has 1 saturated heterocycles. The third kappa shape index (κ3) is 3.83. The average molecular weight is 233 g/mol. The van der Waals surface area contributed by atoms with Gasteiger partial charge in [0.15, 0.2) is 0 Å². The largest absolute Gasteiger partial charge is 0.381 e. The molecule has 1 aliphatic rings. The topological polar surface area (TPSA) is 21.3 Å². The highest BCUT2D eigenvalue weighted by Crippen LogP contribution is 2.16. The van der Waals surface area contributed by atoms with E-state index in [-0.39, 0.29) is 0 Å². The lowest BCUT2D eigenvalue weighted by molar-refractivity contribution is 0.0540. The zero-order chi connectivity index (χ0) is 12.1. The van der Waals surface area contributed by atoms with Crippen LogP contribution >= 0.6 is 0 Å². The maximum Gasteiger partial charge on any atom is 0.0506 e. The molecular weight excluding hydrogens is 210 g/mol. The van der Waals surface area contributed by atoms with Gasteiger partial charge in [-0.15, -0.1) is 0 Å². The van der Waals surface area contributed by atoms with Crippen LogP contribution in [0, 0.1) is 12.8 Å². The number of rotatable bonds is 4. The second-order valence-electron chi connectivity index (χ2n) is 5.13. The molecule has 2 heteroatoms.